The topological polar surface area (TPSA) is 149 Å². The number of carbonyl (C=O) groups excluding carboxylic acids is 2. The van der Waals surface area contributed by atoms with Crippen molar-refractivity contribution in [3.8, 4) is 0 Å². The van der Waals surface area contributed by atoms with Gasteiger partial charge in [0, 0.05) is 13.3 Å². The Labute approximate surface area is 216 Å². The van der Waals surface area contributed by atoms with Crippen LogP contribution in [-0.2, 0) is 32.7 Å². The quantitative estimate of drug-likeness (QED) is 0.0689. The molecular weight excluding hydrogens is 491 g/mol. The Morgan fingerprint density at radius 3 is 1.75 bits per heavy atom. The summed E-state index contributed by atoms with van der Waals surface area (Å²) >= 11 is 0. The molecule has 3 N–H and O–H groups in total. The van der Waals surface area contributed by atoms with Crippen molar-refractivity contribution >= 4 is 19.8 Å². The van der Waals surface area contributed by atoms with Gasteiger partial charge in [0.15, 0.2) is 0 Å². The highest BCUT2D eigenvalue weighted by atomic mass is 31.2. The average Bonchev–Trinajstić information content (AvgIpc) is 2.84. The van der Waals surface area contributed by atoms with Gasteiger partial charge in [-0.2, -0.15) is 0 Å². The molecule has 11 heteroatoms. The molecule has 3 unspecified atom stereocenters. The van der Waals surface area contributed by atoms with Gasteiger partial charge >= 0.3 is 19.8 Å². The average molecular weight is 539 g/mol. The molecule has 0 aliphatic carbocycles. The molecule has 212 valence electrons. The molecule has 0 fully saturated rings. The van der Waals surface area contributed by atoms with E-state index in [1.165, 1.54) is 32.1 Å². The fourth-order valence-corrected chi connectivity index (χ4v) is 4.07. The van der Waals surface area contributed by atoms with E-state index >= 15 is 0 Å². The van der Waals surface area contributed by atoms with Gasteiger partial charge < -0.3 is 24.6 Å². The normalized spacial score (nSPS) is 14.9. The summed E-state index contributed by atoms with van der Waals surface area (Å²) in [4.78, 5) is 32.5. The molecule has 0 aromatic heterocycles. The van der Waals surface area contributed by atoms with E-state index in [1.807, 2.05) is 0 Å². The van der Waals surface area contributed by atoms with Crippen LogP contribution < -0.4 is 0 Å². The zero-order chi connectivity index (χ0) is 27.1. The largest absolute Gasteiger partial charge is 0.472 e. The molecule has 0 heterocycles. The number of allylic oxidation sites excluding steroid dienone is 2. The standard InChI is InChI=1S/C25H47O10P/c1-3-4-5-6-7-8-9-10-11-12-13-14-15-16-17-25(29)35-24(19-27)21-33-36(30,31)32-20-23(18-26)34-22(2)28/h9-10,23-24,26-27H,3-8,11-21H2,1-2H3,(H,30,31)/b10-9-. The Bertz CT molecular complexity index is 640. The van der Waals surface area contributed by atoms with Gasteiger partial charge in [0.05, 0.1) is 26.4 Å². The second-order valence-corrected chi connectivity index (χ2v) is 10.2. The first kappa shape index (κ1) is 34.7. The lowest BCUT2D eigenvalue weighted by atomic mass is 10.1. The summed E-state index contributed by atoms with van der Waals surface area (Å²) < 4.78 is 31.1. The number of phosphoric acid groups is 1. The van der Waals surface area contributed by atoms with Gasteiger partial charge in [0.2, 0.25) is 0 Å². The highest BCUT2D eigenvalue weighted by Gasteiger charge is 2.27. The SMILES string of the molecule is CCCCCCC/C=C\CCCCCCCC(=O)OC(CO)COP(=O)(O)OCC(CO)OC(C)=O. The number of unbranched alkanes of at least 4 members (excludes halogenated alkanes) is 10. The van der Waals surface area contributed by atoms with Gasteiger partial charge in [0.1, 0.15) is 12.2 Å². The van der Waals surface area contributed by atoms with Crippen LogP contribution in [0.25, 0.3) is 0 Å². The number of ether oxygens (including phenoxy) is 2. The van der Waals surface area contributed by atoms with Crippen LogP contribution in [0.1, 0.15) is 97.3 Å². The molecule has 0 saturated carbocycles. The van der Waals surface area contributed by atoms with Gasteiger partial charge in [-0.15, -0.1) is 0 Å². The molecular formula is C25H47O10P. The summed E-state index contributed by atoms with van der Waals surface area (Å²) in [6.07, 6.45) is 16.0. The highest BCUT2D eigenvalue weighted by molar-refractivity contribution is 7.47. The first-order valence-electron chi connectivity index (χ1n) is 13.1. The van der Waals surface area contributed by atoms with Crippen molar-refractivity contribution in [3.05, 3.63) is 12.2 Å². The number of aliphatic hydroxyl groups excluding tert-OH is 2. The Morgan fingerprint density at radius 1 is 0.778 bits per heavy atom. The Kier molecular flexibility index (Phi) is 22.1. The van der Waals surface area contributed by atoms with Crippen LogP contribution in [0.15, 0.2) is 12.2 Å². The number of carbonyl (C=O) groups is 2. The molecule has 10 nitrogen and oxygen atoms in total. The fourth-order valence-electron chi connectivity index (χ4n) is 3.28. The molecule has 0 aromatic rings. The van der Waals surface area contributed by atoms with Crippen LogP contribution in [0.3, 0.4) is 0 Å². The van der Waals surface area contributed by atoms with Crippen LogP contribution in [0.4, 0.5) is 0 Å². The van der Waals surface area contributed by atoms with E-state index in [-0.39, 0.29) is 6.42 Å². The zero-order valence-corrected chi connectivity index (χ0v) is 22.9. The number of rotatable bonds is 24. The summed E-state index contributed by atoms with van der Waals surface area (Å²) in [5.41, 5.74) is 0. The van der Waals surface area contributed by atoms with Gasteiger partial charge in [-0.1, -0.05) is 64.0 Å². The number of esters is 2. The number of phosphoric ester groups is 1. The van der Waals surface area contributed by atoms with Crippen LogP contribution in [-0.4, -0.2) is 65.7 Å². The molecule has 0 rings (SSSR count). The first-order valence-corrected chi connectivity index (χ1v) is 14.6. The predicted molar refractivity (Wildman–Crippen MR) is 136 cm³/mol. The van der Waals surface area contributed by atoms with Crippen molar-refractivity contribution in [1.82, 2.24) is 0 Å². The predicted octanol–water partition coefficient (Wildman–Crippen LogP) is 4.60. The van der Waals surface area contributed by atoms with Crippen molar-refractivity contribution in [2.24, 2.45) is 0 Å². The van der Waals surface area contributed by atoms with E-state index in [2.05, 4.69) is 28.3 Å². The van der Waals surface area contributed by atoms with Crippen LogP contribution in [0.2, 0.25) is 0 Å². The molecule has 3 atom stereocenters. The Balaban J connectivity index is 3.89. The van der Waals surface area contributed by atoms with Gasteiger partial charge in [0.25, 0.3) is 0 Å². The van der Waals surface area contributed by atoms with E-state index in [4.69, 9.17) is 14.4 Å². The van der Waals surface area contributed by atoms with Gasteiger partial charge in [-0.3, -0.25) is 18.6 Å². The maximum atomic E-state index is 12.0. The lowest BCUT2D eigenvalue weighted by molar-refractivity contribution is -0.153. The van der Waals surface area contributed by atoms with Crippen LogP contribution in [0.5, 0.6) is 0 Å². The maximum Gasteiger partial charge on any atom is 0.472 e. The van der Waals surface area contributed by atoms with E-state index in [0.717, 1.165) is 45.4 Å². The first-order chi connectivity index (χ1) is 17.2. The summed E-state index contributed by atoms with van der Waals surface area (Å²) in [5.74, 6) is -1.21. The summed E-state index contributed by atoms with van der Waals surface area (Å²) in [6, 6.07) is 0. The molecule has 0 aliphatic heterocycles. The van der Waals surface area contributed by atoms with E-state index in [1.54, 1.807) is 0 Å². The zero-order valence-electron chi connectivity index (χ0n) is 22.0. The second-order valence-electron chi connectivity index (χ2n) is 8.75. The second kappa shape index (κ2) is 22.9. The minimum absolute atomic E-state index is 0.183. The molecule has 0 amide bonds. The summed E-state index contributed by atoms with van der Waals surface area (Å²) in [7, 11) is -4.58. The minimum atomic E-state index is -4.58. The monoisotopic (exact) mass is 538 g/mol. The third kappa shape index (κ3) is 21.9. The van der Waals surface area contributed by atoms with Crippen LogP contribution in [0, 0.1) is 0 Å². The Morgan fingerprint density at radius 2 is 1.25 bits per heavy atom. The maximum absolute atomic E-state index is 12.0. The summed E-state index contributed by atoms with van der Waals surface area (Å²) in [5, 5.41) is 18.4. The number of hydrogen-bond donors (Lipinski definition) is 3. The molecule has 0 aliphatic rings. The van der Waals surface area contributed by atoms with Crippen molar-refractivity contribution in [2.75, 3.05) is 26.4 Å². The van der Waals surface area contributed by atoms with Gasteiger partial charge in [-0.25, -0.2) is 4.57 Å². The van der Waals surface area contributed by atoms with Crippen molar-refractivity contribution in [3.63, 3.8) is 0 Å². The third-order valence-corrected chi connectivity index (χ3v) is 6.23. The molecule has 0 bridgehead atoms. The lowest BCUT2D eigenvalue weighted by Crippen LogP contribution is -2.28. The Hall–Kier alpha value is -1.29. The number of aliphatic hydroxyl groups is 2. The molecule has 0 saturated heterocycles. The lowest BCUT2D eigenvalue weighted by Gasteiger charge is -2.20. The van der Waals surface area contributed by atoms with E-state index in [9.17, 15) is 24.2 Å². The van der Waals surface area contributed by atoms with Crippen molar-refractivity contribution in [2.45, 2.75) is 110 Å². The smallest absolute Gasteiger partial charge is 0.458 e. The number of hydrogen-bond acceptors (Lipinski definition) is 9. The van der Waals surface area contributed by atoms with Crippen molar-refractivity contribution in [1.29, 1.82) is 0 Å². The van der Waals surface area contributed by atoms with E-state index in [0.29, 0.717) is 6.42 Å². The fraction of sp³-hybridized carbons (Fsp3) is 0.840. The van der Waals surface area contributed by atoms with E-state index < -0.39 is 58.4 Å². The molecule has 0 spiro atoms. The molecule has 0 aromatic carbocycles. The molecule has 36 heavy (non-hydrogen) atoms. The van der Waals surface area contributed by atoms with Crippen LogP contribution >= 0.6 is 7.82 Å². The minimum Gasteiger partial charge on any atom is -0.458 e. The summed E-state index contributed by atoms with van der Waals surface area (Å²) in [6.45, 7) is 1.02. The van der Waals surface area contributed by atoms with Crippen molar-refractivity contribution < 1.29 is 47.8 Å². The van der Waals surface area contributed by atoms with Gasteiger partial charge in [-0.05, 0) is 32.1 Å². The third-order valence-electron chi connectivity index (χ3n) is 5.28. The molecule has 0 radical (unpaired) electrons. The highest BCUT2D eigenvalue weighted by Crippen LogP contribution is 2.43.